The molecule has 1 aromatic heterocycles. The lowest BCUT2D eigenvalue weighted by atomic mass is 10.3. The number of ether oxygens (including phenoxy) is 1. The van der Waals surface area contributed by atoms with E-state index in [0.717, 1.165) is 24.1 Å². The molecular formula is C11H18BrN3OS. The average molecular weight is 320 g/mol. The van der Waals surface area contributed by atoms with E-state index in [9.17, 15) is 0 Å². The molecule has 0 atom stereocenters. The van der Waals surface area contributed by atoms with E-state index in [4.69, 9.17) is 15.9 Å². The Morgan fingerprint density at radius 2 is 2.35 bits per heavy atom. The van der Waals surface area contributed by atoms with Crippen molar-refractivity contribution in [2.75, 3.05) is 26.8 Å². The average Bonchev–Trinajstić information content (AvgIpc) is 2.68. The molecule has 17 heavy (non-hydrogen) atoms. The first-order valence-corrected chi connectivity index (χ1v) is 7.06. The van der Waals surface area contributed by atoms with Gasteiger partial charge in [-0.3, -0.25) is 10.3 Å². The van der Waals surface area contributed by atoms with Gasteiger partial charge in [0.05, 0.1) is 12.4 Å². The first-order valence-electron chi connectivity index (χ1n) is 5.39. The summed E-state index contributed by atoms with van der Waals surface area (Å²) in [6.07, 6.45) is 0.604. The second-order valence-electron chi connectivity index (χ2n) is 3.74. The molecule has 0 saturated carbocycles. The van der Waals surface area contributed by atoms with Gasteiger partial charge in [-0.1, -0.05) is 0 Å². The third-order valence-electron chi connectivity index (χ3n) is 2.37. The second-order valence-corrected chi connectivity index (χ2v) is 5.59. The Labute approximate surface area is 114 Å². The molecule has 1 rings (SSSR count). The molecule has 1 aromatic rings. The van der Waals surface area contributed by atoms with Crippen molar-refractivity contribution in [3.8, 4) is 0 Å². The fourth-order valence-corrected chi connectivity index (χ4v) is 2.93. The van der Waals surface area contributed by atoms with E-state index >= 15 is 0 Å². The summed E-state index contributed by atoms with van der Waals surface area (Å²) in [6.45, 7) is 3.22. The highest BCUT2D eigenvalue weighted by molar-refractivity contribution is 9.10. The molecule has 0 fully saturated rings. The van der Waals surface area contributed by atoms with Crippen molar-refractivity contribution in [2.45, 2.75) is 13.0 Å². The van der Waals surface area contributed by atoms with E-state index in [1.165, 1.54) is 4.88 Å². The van der Waals surface area contributed by atoms with Gasteiger partial charge in [-0.2, -0.15) is 0 Å². The molecule has 0 spiro atoms. The van der Waals surface area contributed by atoms with Gasteiger partial charge in [-0.15, -0.1) is 11.3 Å². The highest BCUT2D eigenvalue weighted by Gasteiger charge is 2.09. The third kappa shape index (κ3) is 5.63. The summed E-state index contributed by atoms with van der Waals surface area (Å²) in [4.78, 5) is 3.55. The lowest BCUT2D eigenvalue weighted by Crippen LogP contribution is -2.30. The van der Waals surface area contributed by atoms with Crippen molar-refractivity contribution >= 4 is 33.1 Å². The molecule has 0 radical (unpaired) electrons. The molecule has 0 aliphatic carbocycles. The van der Waals surface area contributed by atoms with Crippen LogP contribution >= 0.6 is 27.3 Å². The Morgan fingerprint density at radius 3 is 2.88 bits per heavy atom. The van der Waals surface area contributed by atoms with Gasteiger partial charge in [0.2, 0.25) is 0 Å². The lowest BCUT2D eigenvalue weighted by molar-refractivity contribution is 0.146. The number of methoxy groups -OCH3 is 1. The zero-order valence-electron chi connectivity index (χ0n) is 9.91. The second kappa shape index (κ2) is 7.81. The summed E-state index contributed by atoms with van der Waals surface area (Å²) in [5, 5.41) is 9.34. The fraction of sp³-hybridized carbons (Fsp3) is 0.545. The van der Waals surface area contributed by atoms with E-state index in [1.54, 1.807) is 18.4 Å². The largest absolute Gasteiger partial charge is 0.388 e. The molecule has 0 unspecified atom stereocenters. The number of hydrogen-bond acceptors (Lipinski definition) is 4. The number of rotatable bonds is 8. The van der Waals surface area contributed by atoms with E-state index < -0.39 is 0 Å². The van der Waals surface area contributed by atoms with E-state index in [-0.39, 0.29) is 5.84 Å². The van der Waals surface area contributed by atoms with Gasteiger partial charge in [0.15, 0.2) is 0 Å². The Kier molecular flexibility index (Phi) is 6.72. The minimum atomic E-state index is 0.234. The fourth-order valence-electron chi connectivity index (χ4n) is 1.41. The van der Waals surface area contributed by atoms with Crippen molar-refractivity contribution in [3.05, 3.63) is 20.8 Å². The standard InChI is InChI=1S/C11H18BrN3OS/c1-16-6-5-15(4-2-11(13)14)8-10-9(12)3-7-17-10/h3,7H,2,4-6,8H2,1H3,(H3,13,14). The molecule has 4 nitrogen and oxygen atoms in total. The number of hydrogen-bond donors (Lipinski definition) is 2. The number of halogens is 1. The zero-order valence-corrected chi connectivity index (χ0v) is 12.3. The highest BCUT2D eigenvalue weighted by Crippen LogP contribution is 2.24. The number of nitrogens with one attached hydrogen (secondary N) is 1. The van der Waals surface area contributed by atoms with Crippen molar-refractivity contribution in [1.82, 2.24) is 4.90 Å². The number of nitrogens with zero attached hydrogens (tertiary/aromatic N) is 1. The first-order chi connectivity index (χ1) is 8.13. The summed E-state index contributed by atoms with van der Waals surface area (Å²) < 4.78 is 6.24. The van der Waals surface area contributed by atoms with Gasteiger partial charge in [0.25, 0.3) is 0 Å². The molecule has 0 amide bonds. The predicted octanol–water partition coefficient (Wildman–Crippen LogP) is 2.29. The molecule has 6 heteroatoms. The Balaban J connectivity index is 2.50. The van der Waals surface area contributed by atoms with Crippen molar-refractivity contribution in [1.29, 1.82) is 5.41 Å². The van der Waals surface area contributed by atoms with Gasteiger partial charge in [-0.05, 0) is 27.4 Å². The van der Waals surface area contributed by atoms with Crippen molar-refractivity contribution < 1.29 is 4.74 Å². The van der Waals surface area contributed by atoms with Crippen LogP contribution < -0.4 is 5.73 Å². The smallest absolute Gasteiger partial charge is 0.0918 e. The minimum absolute atomic E-state index is 0.234. The van der Waals surface area contributed by atoms with Gasteiger partial charge in [-0.25, -0.2) is 0 Å². The summed E-state index contributed by atoms with van der Waals surface area (Å²) in [5.41, 5.74) is 5.39. The third-order valence-corrected chi connectivity index (χ3v) is 4.28. The summed E-state index contributed by atoms with van der Waals surface area (Å²) in [7, 11) is 1.70. The van der Waals surface area contributed by atoms with Crippen LogP contribution in [0.4, 0.5) is 0 Å². The van der Waals surface area contributed by atoms with Crippen LogP contribution in [0, 0.1) is 5.41 Å². The van der Waals surface area contributed by atoms with E-state index in [1.807, 2.05) is 0 Å². The van der Waals surface area contributed by atoms with Crippen LogP contribution in [-0.2, 0) is 11.3 Å². The molecule has 1 heterocycles. The molecule has 96 valence electrons. The molecule has 0 saturated heterocycles. The van der Waals surface area contributed by atoms with Crippen LogP contribution in [0.5, 0.6) is 0 Å². The van der Waals surface area contributed by atoms with Crippen LogP contribution in [0.15, 0.2) is 15.9 Å². The molecule has 0 aromatic carbocycles. The quantitative estimate of drug-likeness (QED) is 0.571. The van der Waals surface area contributed by atoms with E-state index in [2.05, 4.69) is 32.3 Å². The number of nitrogens with two attached hydrogens (primary N) is 1. The molecule has 0 aliphatic heterocycles. The van der Waals surface area contributed by atoms with Crippen LogP contribution in [0.1, 0.15) is 11.3 Å². The predicted molar refractivity (Wildman–Crippen MR) is 75.7 cm³/mol. The van der Waals surface area contributed by atoms with Crippen LogP contribution in [-0.4, -0.2) is 37.5 Å². The maximum atomic E-state index is 7.27. The molecule has 0 bridgehead atoms. The highest BCUT2D eigenvalue weighted by atomic mass is 79.9. The molecule has 0 aliphatic rings. The number of amidine groups is 1. The molecular weight excluding hydrogens is 302 g/mol. The van der Waals surface area contributed by atoms with Gasteiger partial charge >= 0.3 is 0 Å². The Hall–Kier alpha value is -0.430. The molecule has 3 N–H and O–H groups in total. The van der Waals surface area contributed by atoms with Gasteiger partial charge in [0.1, 0.15) is 0 Å². The van der Waals surface area contributed by atoms with Crippen LogP contribution in [0.25, 0.3) is 0 Å². The topological polar surface area (TPSA) is 62.3 Å². The summed E-state index contributed by atoms with van der Waals surface area (Å²) in [6, 6.07) is 2.06. The zero-order chi connectivity index (χ0) is 12.7. The van der Waals surface area contributed by atoms with Gasteiger partial charge in [0, 0.05) is 42.5 Å². The monoisotopic (exact) mass is 319 g/mol. The first kappa shape index (κ1) is 14.6. The maximum absolute atomic E-state index is 7.27. The normalized spacial score (nSPS) is 11.0. The minimum Gasteiger partial charge on any atom is -0.388 e. The van der Waals surface area contributed by atoms with Crippen LogP contribution in [0.2, 0.25) is 0 Å². The lowest BCUT2D eigenvalue weighted by Gasteiger charge is -2.21. The Morgan fingerprint density at radius 1 is 1.59 bits per heavy atom. The maximum Gasteiger partial charge on any atom is 0.0918 e. The van der Waals surface area contributed by atoms with Gasteiger partial charge < -0.3 is 10.5 Å². The SMILES string of the molecule is COCCN(CCC(=N)N)Cc1sccc1Br. The summed E-state index contributed by atoms with van der Waals surface area (Å²) in [5.74, 6) is 0.234. The summed E-state index contributed by atoms with van der Waals surface area (Å²) >= 11 is 5.26. The van der Waals surface area contributed by atoms with Crippen molar-refractivity contribution in [3.63, 3.8) is 0 Å². The number of thiophene rings is 1. The van der Waals surface area contributed by atoms with E-state index in [0.29, 0.717) is 13.0 Å². The Bertz CT molecular complexity index is 356. The van der Waals surface area contributed by atoms with Crippen molar-refractivity contribution in [2.24, 2.45) is 5.73 Å². The van der Waals surface area contributed by atoms with Crippen LogP contribution in [0.3, 0.4) is 0 Å².